The third kappa shape index (κ3) is 3.90. The first kappa shape index (κ1) is 20.3. The van der Waals surface area contributed by atoms with E-state index in [0.29, 0.717) is 23.0 Å². The van der Waals surface area contributed by atoms with E-state index in [0.717, 1.165) is 27.8 Å². The van der Waals surface area contributed by atoms with Crippen molar-refractivity contribution < 1.29 is 10.0 Å². The van der Waals surface area contributed by atoms with E-state index < -0.39 is 5.91 Å². The summed E-state index contributed by atoms with van der Waals surface area (Å²) < 4.78 is 1.87. The van der Waals surface area contributed by atoms with Crippen molar-refractivity contribution in [3.63, 3.8) is 0 Å². The quantitative estimate of drug-likeness (QED) is 0.336. The maximum atomic E-state index is 11.8. The van der Waals surface area contributed by atoms with Gasteiger partial charge < -0.3 is 10.2 Å². The van der Waals surface area contributed by atoms with Gasteiger partial charge in [0.05, 0.1) is 5.52 Å². The number of anilines is 4. The summed E-state index contributed by atoms with van der Waals surface area (Å²) in [4.78, 5) is 22.6. The van der Waals surface area contributed by atoms with Gasteiger partial charge in [-0.25, -0.2) is 10.5 Å². The molecule has 2 heterocycles. The van der Waals surface area contributed by atoms with Crippen molar-refractivity contribution in [2.45, 2.75) is 13.8 Å². The summed E-state index contributed by atoms with van der Waals surface area (Å²) in [6.07, 6.45) is 1.67. The molecule has 0 spiro atoms. The van der Waals surface area contributed by atoms with Crippen LogP contribution in [0.15, 0.2) is 48.7 Å². The summed E-state index contributed by atoms with van der Waals surface area (Å²) in [5.74, 6) is 0.513. The molecule has 158 valence electrons. The Morgan fingerprint density at radius 2 is 1.94 bits per heavy atom. The molecular weight excluding hydrogens is 394 g/mol. The van der Waals surface area contributed by atoms with Gasteiger partial charge in [-0.15, -0.1) is 0 Å². The third-order valence-corrected chi connectivity index (χ3v) is 5.33. The molecule has 0 bridgehead atoms. The van der Waals surface area contributed by atoms with E-state index in [2.05, 4.69) is 26.4 Å². The highest BCUT2D eigenvalue weighted by molar-refractivity contribution is 5.96. The predicted octanol–water partition coefficient (Wildman–Crippen LogP) is 3.61. The van der Waals surface area contributed by atoms with Gasteiger partial charge in [0.25, 0.3) is 5.91 Å². The maximum Gasteiger partial charge on any atom is 0.274 e. The molecule has 0 saturated heterocycles. The number of rotatable bonds is 5. The Balaban J connectivity index is 1.60. The highest BCUT2D eigenvalue weighted by atomic mass is 16.5. The Morgan fingerprint density at radius 1 is 1.13 bits per heavy atom. The number of benzene rings is 2. The lowest BCUT2D eigenvalue weighted by Gasteiger charge is -2.19. The molecule has 0 radical (unpaired) electrons. The van der Waals surface area contributed by atoms with Crippen molar-refractivity contribution in [2.24, 2.45) is 7.05 Å². The molecule has 4 rings (SSSR count). The first-order valence-electron chi connectivity index (χ1n) is 9.69. The Labute approximate surface area is 179 Å². The van der Waals surface area contributed by atoms with Gasteiger partial charge in [-0.05, 0) is 55.8 Å². The maximum absolute atomic E-state index is 11.8. The fourth-order valence-corrected chi connectivity index (χ4v) is 3.39. The molecule has 0 aliphatic carbocycles. The summed E-state index contributed by atoms with van der Waals surface area (Å²) >= 11 is 0. The Kier molecular flexibility index (Phi) is 5.26. The van der Waals surface area contributed by atoms with Gasteiger partial charge in [0, 0.05) is 48.3 Å². The molecule has 3 N–H and O–H groups in total. The van der Waals surface area contributed by atoms with Gasteiger partial charge in [0.1, 0.15) is 5.82 Å². The van der Waals surface area contributed by atoms with Crippen molar-refractivity contribution in [3.05, 3.63) is 65.5 Å². The molecule has 2 aromatic heterocycles. The number of aryl methyl sites for hydroxylation is 3. The molecule has 0 aliphatic rings. The van der Waals surface area contributed by atoms with E-state index in [1.807, 2.05) is 54.9 Å². The van der Waals surface area contributed by atoms with Gasteiger partial charge in [-0.2, -0.15) is 10.1 Å². The molecule has 31 heavy (non-hydrogen) atoms. The normalized spacial score (nSPS) is 10.9. The lowest BCUT2D eigenvalue weighted by Crippen LogP contribution is -2.19. The second-order valence-corrected chi connectivity index (χ2v) is 7.30. The third-order valence-electron chi connectivity index (χ3n) is 5.33. The van der Waals surface area contributed by atoms with Crippen LogP contribution >= 0.6 is 0 Å². The summed E-state index contributed by atoms with van der Waals surface area (Å²) in [5.41, 5.74) is 6.39. The van der Waals surface area contributed by atoms with E-state index >= 15 is 0 Å². The van der Waals surface area contributed by atoms with Crippen LogP contribution < -0.4 is 15.7 Å². The molecule has 0 aliphatic heterocycles. The van der Waals surface area contributed by atoms with Gasteiger partial charge in [-0.3, -0.25) is 14.7 Å². The number of hydrogen-bond donors (Lipinski definition) is 3. The minimum Gasteiger partial charge on any atom is -0.329 e. The number of fused-ring (bicyclic) bond motifs is 1. The first-order chi connectivity index (χ1) is 14.9. The molecule has 4 aromatic rings. The van der Waals surface area contributed by atoms with Crippen LogP contribution in [0, 0.1) is 13.8 Å². The number of carbonyl (C=O) groups excluding carboxylic acids is 1. The average molecular weight is 417 g/mol. The van der Waals surface area contributed by atoms with Crippen LogP contribution in [0.1, 0.15) is 21.6 Å². The minimum absolute atomic E-state index is 0.361. The van der Waals surface area contributed by atoms with Crippen molar-refractivity contribution in [3.8, 4) is 0 Å². The van der Waals surface area contributed by atoms with Crippen molar-refractivity contribution in [2.75, 3.05) is 17.3 Å². The molecule has 0 atom stereocenters. The smallest absolute Gasteiger partial charge is 0.274 e. The molecule has 0 saturated carbocycles. The number of aromatic nitrogens is 4. The summed E-state index contributed by atoms with van der Waals surface area (Å²) in [7, 11) is 3.86. The van der Waals surface area contributed by atoms with Gasteiger partial charge >= 0.3 is 0 Å². The van der Waals surface area contributed by atoms with Crippen LogP contribution in [0.3, 0.4) is 0 Å². The molecule has 1 amide bonds. The monoisotopic (exact) mass is 417 g/mol. The summed E-state index contributed by atoms with van der Waals surface area (Å²) in [6.45, 7) is 3.84. The number of hydroxylamine groups is 1. The second kappa shape index (κ2) is 8.04. The van der Waals surface area contributed by atoms with Gasteiger partial charge in [0.2, 0.25) is 5.95 Å². The zero-order valence-electron chi connectivity index (χ0n) is 17.7. The fourth-order valence-electron chi connectivity index (χ4n) is 3.39. The van der Waals surface area contributed by atoms with Crippen LogP contribution in [0.2, 0.25) is 0 Å². The lowest BCUT2D eigenvalue weighted by molar-refractivity contribution is 0.0705. The van der Waals surface area contributed by atoms with Crippen LogP contribution in [-0.4, -0.2) is 37.9 Å². The second-order valence-electron chi connectivity index (χ2n) is 7.30. The topological polar surface area (TPSA) is 108 Å². The van der Waals surface area contributed by atoms with Gasteiger partial charge in [0.15, 0.2) is 0 Å². The van der Waals surface area contributed by atoms with E-state index in [-0.39, 0.29) is 0 Å². The minimum atomic E-state index is -0.573. The Morgan fingerprint density at radius 3 is 2.71 bits per heavy atom. The molecule has 9 heteroatoms. The fraction of sp³-hybridized carbons (Fsp3) is 0.182. The predicted molar refractivity (Wildman–Crippen MR) is 119 cm³/mol. The van der Waals surface area contributed by atoms with Crippen LogP contribution in [0.4, 0.5) is 23.1 Å². The molecule has 0 unspecified atom stereocenters. The molecule has 9 nitrogen and oxygen atoms in total. The van der Waals surface area contributed by atoms with Crippen molar-refractivity contribution in [1.82, 2.24) is 25.2 Å². The van der Waals surface area contributed by atoms with E-state index in [1.54, 1.807) is 30.7 Å². The summed E-state index contributed by atoms with van der Waals surface area (Å²) in [6, 6.07) is 13.2. The Bertz CT molecular complexity index is 1280. The molecule has 2 aromatic carbocycles. The first-order valence-corrected chi connectivity index (χ1v) is 9.69. The number of nitrogens with one attached hydrogen (secondary N) is 2. The highest BCUT2D eigenvalue weighted by Gasteiger charge is 2.12. The standard InChI is InChI=1S/C22H23N7O2/c1-13-5-6-15(11-18(13)21(30)27-31)24-22-23-10-9-20(25-22)28(3)16-7-8-17-14(2)29(4)26-19(17)12-16/h5-12,31H,1-4H3,(H,27,30)(H,23,24,25). The zero-order valence-corrected chi connectivity index (χ0v) is 17.7. The largest absolute Gasteiger partial charge is 0.329 e. The number of nitrogens with zero attached hydrogens (tertiary/aromatic N) is 5. The highest BCUT2D eigenvalue weighted by Crippen LogP contribution is 2.27. The van der Waals surface area contributed by atoms with Gasteiger partial charge in [-0.1, -0.05) is 6.07 Å². The average Bonchev–Trinajstić information content (AvgIpc) is 3.07. The van der Waals surface area contributed by atoms with Crippen LogP contribution in [-0.2, 0) is 7.05 Å². The zero-order chi connectivity index (χ0) is 22.1. The van der Waals surface area contributed by atoms with E-state index in [4.69, 9.17) is 5.21 Å². The molecular formula is C22H23N7O2. The number of amides is 1. The lowest BCUT2D eigenvalue weighted by atomic mass is 10.1. The number of hydrogen-bond acceptors (Lipinski definition) is 7. The van der Waals surface area contributed by atoms with Crippen LogP contribution in [0.5, 0.6) is 0 Å². The summed E-state index contributed by atoms with van der Waals surface area (Å²) in [5, 5.41) is 17.7. The van der Waals surface area contributed by atoms with E-state index in [1.165, 1.54) is 0 Å². The molecule has 0 fully saturated rings. The SMILES string of the molecule is Cc1ccc(Nc2nccc(N(C)c3ccc4c(C)n(C)nc4c3)n2)cc1C(=O)NO. The van der Waals surface area contributed by atoms with E-state index in [9.17, 15) is 4.79 Å². The van der Waals surface area contributed by atoms with Crippen molar-refractivity contribution in [1.29, 1.82) is 0 Å². The van der Waals surface area contributed by atoms with Crippen molar-refractivity contribution >= 4 is 40.0 Å². The number of carbonyl (C=O) groups is 1. The Hall–Kier alpha value is -3.98. The van der Waals surface area contributed by atoms with Crippen LogP contribution in [0.25, 0.3) is 10.9 Å².